The number of hydrogen-bond donors (Lipinski definition) is 4. The third-order valence-corrected chi connectivity index (χ3v) is 3.95. The molecular formula is C18H23ClO7. The molecule has 0 radical (unpaired) electrons. The fourth-order valence-electron chi connectivity index (χ4n) is 2.14. The number of ether oxygens (including phenoxy) is 1. The zero-order valence-corrected chi connectivity index (χ0v) is 15.2. The fourth-order valence-corrected chi connectivity index (χ4v) is 2.36. The molecule has 0 heterocycles. The summed E-state index contributed by atoms with van der Waals surface area (Å²) in [6.45, 7) is 1.28. The fraction of sp³-hybridized carbons (Fsp3) is 0.444. The van der Waals surface area contributed by atoms with Gasteiger partial charge in [0, 0.05) is 24.5 Å². The van der Waals surface area contributed by atoms with Crippen molar-refractivity contribution in [1.29, 1.82) is 0 Å². The van der Waals surface area contributed by atoms with Crippen LogP contribution in [0.2, 0.25) is 5.02 Å². The van der Waals surface area contributed by atoms with Crippen molar-refractivity contribution in [2.24, 2.45) is 0 Å². The molecule has 26 heavy (non-hydrogen) atoms. The molecule has 1 rings (SSSR count). The first-order valence-corrected chi connectivity index (χ1v) is 8.58. The predicted molar refractivity (Wildman–Crippen MR) is 95.5 cm³/mol. The molecule has 7 nitrogen and oxygen atoms in total. The molecule has 1 atom stereocenters. The predicted octanol–water partition coefficient (Wildman–Crippen LogP) is 2.12. The standard InChI is InChI=1S/C18H23ClO7/c1-2-3-4-5-11(21)8-13-16(14(23)9-15(24)17(13)19)18(25)26-7-6-12(22)10-20/h4-5,9,12,20,22-24H,2-3,6-8,10H2,1H3/b5-4+. The van der Waals surface area contributed by atoms with E-state index >= 15 is 0 Å². The van der Waals surface area contributed by atoms with Crippen LogP contribution in [-0.2, 0) is 16.0 Å². The largest absolute Gasteiger partial charge is 0.507 e. The van der Waals surface area contributed by atoms with Gasteiger partial charge in [-0.3, -0.25) is 4.79 Å². The first-order chi connectivity index (χ1) is 12.3. The monoisotopic (exact) mass is 386 g/mol. The quantitative estimate of drug-likeness (QED) is 0.358. The van der Waals surface area contributed by atoms with Crippen LogP contribution in [-0.4, -0.2) is 51.5 Å². The molecule has 0 aromatic heterocycles. The summed E-state index contributed by atoms with van der Waals surface area (Å²) >= 11 is 6.01. The van der Waals surface area contributed by atoms with Gasteiger partial charge in [0.05, 0.1) is 24.3 Å². The minimum absolute atomic E-state index is 0.00281. The van der Waals surface area contributed by atoms with Crippen LogP contribution in [0.25, 0.3) is 0 Å². The van der Waals surface area contributed by atoms with Crippen molar-refractivity contribution in [3.05, 3.63) is 34.4 Å². The maximum Gasteiger partial charge on any atom is 0.342 e. The number of hydrogen-bond acceptors (Lipinski definition) is 7. The van der Waals surface area contributed by atoms with E-state index in [4.69, 9.17) is 21.4 Å². The summed E-state index contributed by atoms with van der Waals surface area (Å²) in [5.41, 5.74) is -0.355. The van der Waals surface area contributed by atoms with Crippen LogP contribution in [0, 0.1) is 0 Å². The highest BCUT2D eigenvalue weighted by molar-refractivity contribution is 6.33. The van der Waals surface area contributed by atoms with E-state index in [1.54, 1.807) is 6.08 Å². The van der Waals surface area contributed by atoms with E-state index in [1.165, 1.54) is 6.08 Å². The Kier molecular flexibility index (Phi) is 9.12. The SMILES string of the molecule is CCC/C=C/C(=O)Cc1c(Cl)c(O)cc(O)c1C(=O)OCCC(O)CO. The lowest BCUT2D eigenvalue weighted by Crippen LogP contribution is -2.18. The van der Waals surface area contributed by atoms with Crippen molar-refractivity contribution in [3.63, 3.8) is 0 Å². The molecular weight excluding hydrogens is 364 g/mol. The average Bonchev–Trinajstić information content (AvgIpc) is 2.59. The topological polar surface area (TPSA) is 124 Å². The Morgan fingerprint density at radius 2 is 2.00 bits per heavy atom. The van der Waals surface area contributed by atoms with Crippen LogP contribution in [0.5, 0.6) is 11.5 Å². The van der Waals surface area contributed by atoms with Crippen molar-refractivity contribution in [2.45, 2.75) is 38.7 Å². The Balaban J connectivity index is 3.04. The van der Waals surface area contributed by atoms with E-state index in [0.29, 0.717) is 6.42 Å². The highest BCUT2D eigenvalue weighted by Crippen LogP contribution is 2.37. The number of aliphatic hydroxyl groups is 2. The Bertz CT molecular complexity index is 670. The third kappa shape index (κ3) is 6.33. The number of allylic oxidation sites excluding steroid dienone is 2. The van der Waals surface area contributed by atoms with E-state index < -0.39 is 30.2 Å². The van der Waals surface area contributed by atoms with Gasteiger partial charge in [0.25, 0.3) is 0 Å². The summed E-state index contributed by atoms with van der Waals surface area (Å²) in [6, 6.07) is 0.891. The zero-order valence-electron chi connectivity index (χ0n) is 14.4. The van der Waals surface area contributed by atoms with Gasteiger partial charge in [-0.1, -0.05) is 31.0 Å². The lowest BCUT2D eigenvalue weighted by Gasteiger charge is -2.14. The lowest BCUT2D eigenvalue weighted by atomic mass is 10.00. The maximum atomic E-state index is 12.3. The number of carbonyl (C=O) groups is 2. The summed E-state index contributed by atoms with van der Waals surface area (Å²) in [6.07, 6.45) is 3.29. The first-order valence-electron chi connectivity index (χ1n) is 8.20. The molecule has 1 aromatic rings. The number of phenols is 2. The highest BCUT2D eigenvalue weighted by atomic mass is 35.5. The van der Waals surface area contributed by atoms with Gasteiger partial charge in [0.2, 0.25) is 0 Å². The van der Waals surface area contributed by atoms with Crippen LogP contribution in [0.4, 0.5) is 0 Å². The minimum atomic E-state index is -1.04. The zero-order chi connectivity index (χ0) is 19.7. The number of rotatable bonds is 10. The molecule has 1 unspecified atom stereocenters. The molecule has 0 saturated heterocycles. The van der Waals surface area contributed by atoms with Crippen LogP contribution < -0.4 is 0 Å². The summed E-state index contributed by atoms with van der Waals surface area (Å²) in [5, 5.41) is 37.5. The van der Waals surface area contributed by atoms with Crippen molar-refractivity contribution < 1.29 is 34.8 Å². The van der Waals surface area contributed by atoms with Gasteiger partial charge in [-0.05, 0) is 12.5 Å². The molecule has 0 fully saturated rings. The van der Waals surface area contributed by atoms with Crippen LogP contribution in [0.15, 0.2) is 18.2 Å². The number of carbonyl (C=O) groups excluding carboxylic acids is 2. The van der Waals surface area contributed by atoms with Gasteiger partial charge in [-0.15, -0.1) is 0 Å². The molecule has 0 aliphatic heterocycles. The lowest BCUT2D eigenvalue weighted by molar-refractivity contribution is -0.114. The molecule has 0 saturated carbocycles. The number of aliphatic hydroxyl groups excluding tert-OH is 2. The van der Waals surface area contributed by atoms with Gasteiger partial charge in [0.15, 0.2) is 5.78 Å². The number of aromatic hydroxyl groups is 2. The maximum absolute atomic E-state index is 12.3. The second-order valence-electron chi connectivity index (χ2n) is 5.68. The average molecular weight is 387 g/mol. The third-order valence-electron chi connectivity index (χ3n) is 3.53. The van der Waals surface area contributed by atoms with Crippen LogP contribution in [0.3, 0.4) is 0 Å². The molecule has 1 aromatic carbocycles. The van der Waals surface area contributed by atoms with Crippen molar-refractivity contribution in [3.8, 4) is 11.5 Å². The van der Waals surface area contributed by atoms with Gasteiger partial charge < -0.3 is 25.2 Å². The van der Waals surface area contributed by atoms with Gasteiger partial charge in [0.1, 0.15) is 17.1 Å². The molecule has 0 aliphatic carbocycles. The van der Waals surface area contributed by atoms with Gasteiger partial charge in [-0.2, -0.15) is 0 Å². The molecule has 0 bridgehead atoms. The Morgan fingerprint density at radius 1 is 1.31 bits per heavy atom. The smallest absolute Gasteiger partial charge is 0.342 e. The van der Waals surface area contributed by atoms with Crippen molar-refractivity contribution in [2.75, 3.05) is 13.2 Å². The second kappa shape index (κ2) is 10.8. The number of halogens is 1. The molecule has 0 amide bonds. The van der Waals surface area contributed by atoms with E-state index in [1.807, 2.05) is 6.92 Å². The van der Waals surface area contributed by atoms with E-state index in [0.717, 1.165) is 12.5 Å². The normalized spacial score (nSPS) is 12.3. The summed E-state index contributed by atoms with van der Waals surface area (Å²) < 4.78 is 4.96. The van der Waals surface area contributed by atoms with Crippen LogP contribution >= 0.6 is 11.6 Å². The molecule has 0 spiro atoms. The summed E-state index contributed by atoms with van der Waals surface area (Å²) in [4.78, 5) is 24.3. The molecule has 8 heteroatoms. The summed E-state index contributed by atoms with van der Waals surface area (Å²) in [5.74, 6) is -2.33. The van der Waals surface area contributed by atoms with Gasteiger partial charge in [-0.25, -0.2) is 4.79 Å². The number of benzene rings is 1. The van der Waals surface area contributed by atoms with E-state index in [2.05, 4.69) is 0 Å². The summed E-state index contributed by atoms with van der Waals surface area (Å²) in [7, 11) is 0. The van der Waals surface area contributed by atoms with Crippen molar-refractivity contribution in [1.82, 2.24) is 0 Å². The second-order valence-corrected chi connectivity index (χ2v) is 6.06. The molecule has 4 N–H and O–H groups in total. The minimum Gasteiger partial charge on any atom is -0.507 e. The Labute approximate surface area is 156 Å². The Hall–Kier alpha value is -2.09. The number of ketones is 1. The number of esters is 1. The molecule has 0 aliphatic rings. The van der Waals surface area contributed by atoms with E-state index in [9.17, 15) is 24.9 Å². The number of phenolic OH excluding ortho intramolecular Hbond substituents is 2. The van der Waals surface area contributed by atoms with E-state index in [-0.39, 0.29) is 41.4 Å². The van der Waals surface area contributed by atoms with Gasteiger partial charge >= 0.3 is 5.97 Å². The number of unbranched alkanes of at least 4 members (excludes halogenated alkanes) is 1. The molecule has 144 valence electrons. The van der Waals surface area contributed by atoms with Crippen LogP contribution in [0.1, 0.15) is 42.1 Å². The Morgan fingerprint density at radius 3 is 2.62 bits per heavy atom. The first kappa shape index (κ1) is 22.0. The van der Waals surface area contributed by atoms with Crippen molar-refractivity contribution >= 4 is 23.4 Å². The highest BCUT2D eigenvalue weighted by Gasteiger charge is 2.24.